The molecule has 3 rings (SSSR count). The number of hydrogen-bond acceptors (Lipinski definition) is 4. The molecular weight excluding hydrogens is 436 g/mol. The number of carbonyl (C=O) groups excluding carboxylic acids is 1. The van der Waals surface area contributed by atoms with Crippen LogP contribution in [0.2, 0.25) is 0 Å². The van der Waals surface area contributed by atoms with Gasteiger partial charge in [0.2, 0.25) is 0 Å². The van der Waals surface area contributed by atoms with Gasteiger partial charge >= 0.3 is 6.61 Å². The maximum Gasteiger partial charge on any atom is 0.387 e. The Balaban J connectivity index is 1.68. The Kier molecular flexibility index (Phi) is 6.25. The molecule has 28 heavy (non-hydrogen) atoms. The van der Waals surface area contributed by atoms with E-state index in [9.17, 15) is 13.6 Å². The Hall–Kier alpha value is -2.94. The van der Waals surface area contributed by atoms with E-state index >= 15 is 0 Å². The monoisotopic (exact) mass is 451 g/mol. The highest BCUT2D eigenvalue weighted by Gasteiger charge is 2.15. The van der Waals surface area contributed by atoms with Gasteiger partial charge in [-0.05, 0) is 35.9 Å². The molecule has 0 aliphatic heterocycles. The summed E-state index contributed by atoms with van der Waals surface area (Å²) in [5.74, 6) is -0.527. The molecule has 0 unspecified atom stereocenters. The van der Waals surface area contributed by atoms with Crippen LogP contribution in [0.4, 0.5) is 14.5 Å². The Morgan fingerprint density at radius 1 is 1.21 bits per heavy atom. The van der Waals surface area contributed by atoms with E-state index in [0.29, 0.717) is 12.2 Å². The Bertz CT molecular complexity index is 961. The minimum atomic E-state index is -2.98. The predicted octanol–water partition coefficient (Wildman–Crippen LogP) is 4.56. The van der Waals surface area contributed by atoms with E-state index in [1.54, 1.807) is 10.9 Å². The van der Waals surface area contributed by atoms with Gasteiger partial charge in [-0.1, -0.05) is 28.1 Å². The number of nitrogens with one attached hydrogen (secondary N) is 1. The van der Waals surface area contributed by atoms with Crippen molar-refractivity contribution in [3.63, 3.8) is 0 Å². The fraction of sp³-hybridized carbons (Fsp3) is 0.158. The van der Waals surface area contributed by atoms with Gasteiger partial charge in [0.15, 0.2) is 11.5 Å². The van der Waals surface area contributed by atoms with Crippen LogP contribution in [0.1, 0.15) is 15.9 Å². The number of amides is 1. The van der Waals surface area contributed by atoms with Crippen LogP contribution in [-0.4, -0.2) is 29.4 Å². The molecule has 0 saturated heterocycles. The van der Waals surface area contributed by atoms with Crippen LogP contribution >= 0.6 is 15.9 Å². The van der Waals surface area contributed by atoms with E-state index in [-0.39, 0.29) is 17.1 Å². The molecule has 146 valence electrons. The molecule has 0 aliphatic carbocycles. The summed E-state index contributed by atoms with van der Waals surface area (Å²) >= 11 is 3.39. The van der Waals surface area contributed by atoms with Crippen LogP contribution in [0.25, 0.3) is 0 Å². The van der Waals surface area contributed by atoms with Gasteiger partial charge < -0.3 is 14.8 Å². The fourth-order valence-electron chi connectivity index (χ4n) is 2.50. The number of nitrogens with zero attached hydrogens (tertiary/aromatic N) is 2. The van der Waals surface area contributed by atoms with Crippen molar-refractivity contribution in [2.24, 2.45) is 0 Å². The minimum Gasteiger partial charge on any atom is -0.493 e. The van der Waals surface area contributed by atoms with Gasteiger partial charge in [-0.3, -0.25) is 9.48 Å². The smallest absolute Gasteiger partial charge is 0.387 e. The van der Waals surface area contributed by atoms with Gasteiger partial charge in [0.25, 0.3) is 5.91 Å². The number of hydrogen-bond donors (Lipinski definition) is 1. The first kappa shape index (κ1) is 19.8. The lowest BCUT2D eigenvalue weighted by Crippen LogP contribution is -2.12. The van der Waals surface area contributed by atoms with Gasteiger partial charge in [0.05, 0.1) is 25.5 Å². The standard InChI is InChI=1S/C19H16BrF2N3O3/c1-27-17-8-13(4-7-16(17)28-19(21)22)18(26)24-15-9-23-25(11-15)10-12-2-5-14(20)6-3-12/h2-9,11,19H,10H2,1H3,(H,24,26). The topological polar surface area (TPSA) is 65.4 Å². The molecule has 3 aromatic rings. The number of anilines is 1. The van der Waals surface area contributed by atoms with Gasteiger partial charge in [-0.15, -0.1) is 0 Å². The molecule has 0 bridgehead atoms. The quantitative estimate of drug-likeness (QED) is 0.571. The van der Waals surface area contributed by atoms with Gasteiger partial charge in [-0.25, -0.2) is 0 Å². The van der Waals surface area contributed by atoms with Crippen molar-refractivity contribution in [1.29, 1.82) is 0 Å². The lowest BCUT2D eigenvalue weighted by molar-refractivity contribution is -0.0512. The van der Waals surface area contributed by atoms with Crippen molar-refractivity contribution in [2.75, 3.05) is 12.4 Å². The third-order valence-electron chi connectivity index (χ3n) is 3.79. The van der Waals surface area contributed by atoms with Crippen LogP contribution in [0.15, 0.2) is 59.3 Å². The minimum absolute atomic E-state index is 0.0406. The van der Waals surface area contributed by atoms with Crippen LogP contribution < -0.4 is 14.8 Å². The first-order chi connectivity index (χ1) is 13.4. The van der Waals surface area contributed by atoms with Crippen LogP contribution in [-0.2, 0) is 6.54 Å². The molecule has 1 heterocycles. The number of carbonyl (C=O) groups is 1. The van der Waals surface area contributed by atoms with Crippen LogP contribution in [0.5, 0.6) is 11.5 Å². The van der Waals surface area contributed by atoms with E-state index in [4.69, 9.17) is 4.74 Å². The zero-order chi connectivity index (χ0) is 20.1. The average molecular weight is 452 g/mol. The van der Waals surface area contributed by atoms with Crippen molar-refractivity contribution in [1.82, 2.24) is 9.78 Å². The van der Waals surface area contributed by atoms with E-state index in [2.05, 4.69) is 31.1 Å². The van der Waals surface area contributed by atoms with Crippen molar-refractivity contribution >= 4 is 27.5 Å². The predicted molar refractivity (Wildman–Crippen MR) is 103 cm³/mol. The number of rotatable bonds is 7. The fourth-order valence-corrected chi connectivity index (χ4v) is 2.76. The summed E-state index contributed by atoms with van der Waals surface area (Å²) in [7, 11) is 1.31. The highest BCUT2D eigenvalue weighted by Crippen LogP contribution is 2.29. The highest BCUT2D eigenvalue weighted by molar-refractivity contribution is 9.10. The summed E-state index contributed by atoms with van der Waals surface area (Å²) in [4.78, 5) is 12.4. The molecular formula is C19H16BrF2N3O3. The molecule has 9 heteroatoms. The summed E-state index contributed by atoms with van der Waals surface area (Å²) < 4.78 is 36.8. The number of aromatic nitrogens is 2. The van der Waals surface area contributed by atoms with E-state index in [1.165, 1.54) is 31.5 Å². The SMILES string of the molecule is COc1cc(C(=O)Nc2cnn(Cc3ccc(Br)cc3)c2)ccc1OC(F)F. The molecule has 0 radical (unpaired) electrons. The number of alkyl halides is 2. The van der Waals surface area contributed by atoms with Crippen LogP contribution in [0, 0.1) is 0 Å². The normalized spacial score (nSPS) is 10.8. The van der Waals surface area contributed by atoms with Gasteiger partial charge in [0.1, 0.15) is 0 Å². The summed E-state index contributed by atoms with van der Waals surface area (Å²) in [6.07, 6.45) is 3.23. The van der Waals surface area contributed by atoms with Crippen molar-refractivity contribution in [3.8, 4) is 11.5 Å². The molecule has 1 N–H and O–H groups in total. The summed E-state index contributed by atoms with van der Waals surface area (Å²) in [6, 6.07) is 11.8. The highest BCUT2D eigenvalue weighted by atomic mass is 79.9. The summed E-state index contributed by atoms with van der Waals surface area (Å²) in [5, 5.41) is 6.93. The molecule has 0 fully saturated rings. The Labute approximate surface area is 168 Å². The molecule has 0 aliphatic rings. The molecule has 2 aromatic carbocycles. The zero-order valence-electron chi connectivity index (χ0n) is 14.7. The number of methoxy groups -OCH3 is 1. The van der Waals surface area contributed by atoms with E-state index < -0.39 is 12.5 Å². The second-order valence-corrected chi connectivity index (χ2v) is 6.67. The van der Waals surface area contributed by atoms with E-state index in [1.807, 2.05) is 24.3 Å². The van der Waals surface area contributed by atoms with Crippen molar-refractivity contribution in [3.05, 3.63) is 70.5 Å². The maximum absolute atomic E-state index is 12.4. The van der Waals surface area contributed by atoms with Crippen molar-refractivity contribution in [2.45, 2.75) is 13.2 Å². The largest absolute Gasteiger partial charge is 0.493 e. The third kappa shape index (κ3) is 5.07. The number of halogens is 3. The molecule has 0 saturated carbocycles. The first-order valence-electron chi connectivity index (χ1n) is 8.15. The molecule has 0 atom stereocenters. The zero-order valence-corrected chi connectivity index (χ0v) is 16.3. The third-order valence-corrected chi connectivity index (χ3v) is 4.32. The number of benzene rings is 2. The summed E-state index contributed by atoms with van der Waals surface area (Å²) in [6.45, 7) is -2.43. The lowest BCUT2D eigenvalue weighted by atomic mass is 10.2. The first-order valence-corrected chi connectivity index (χ1v) is 8.95. The Morgan fingerprint density at radius 3 is 2.64 bits per heavy atom. The van der Waals surface area contributed by atoms with E-state index in [0.717, 1.165) is 10.0 Å². The van der Waals surface area contributed by atoms with Gasteiger partial charge in [0, 0.05) is 16.2 Å². The molecule has 0 spiro atoms. The second kappa shape index (κ2) is 8.83. The molecule has 1 aromatic heterocycles. The lowest BCUT2D eigenvalue weighted by Gasteiger charge is -2.11. The van der Waals surface area contributed by atoms with Crippen molar-refractivity contribution < 1.29 is 23.0 Å². The second-order valence-electron chi connectivity index (χ2n) is 5.75. The molecule has 1 amide bonds. The average Bonchev–Trinajstić information content (AvgIpc) is 3.10. The molecule has 6 nitrogen and oxygen atoms in total. The number of ether oxygens (including phenoxy) is 2. The van der Waals surface area contributed by atoms with Gasteiger partial charge in [-0.2, -0.15) is 13.9 Å². The summed E-state index contributed by atoms with van der Waals surface area (Å²) in [5.41, 5.74) is 1.80. The maximum atomic E-state index is 12.4. The Morgan fingerprint density at radius 2 is 1.96 bits per heavy atom. The van der Waals surface area contributed by atoms with Crippen LogP contribution in [0.3, 0.4) is 0 Å².